The van der Waals surface area contributed by atoms with Gasteiger partial charge in [-0.05, 0) is 24.1 Å². The first kappa shape index (κ1) is 13.5. The highest BCUT2D eigenvalue weighted by Crippen LogP contribution is 2.12. The molecule has 0 saturated carbocycles. The van der Waals surface area contributed by atoms with E-state index in [0.717, 1.165) is 17.8 Å². The van der Waals surface area contributed by atoms with Gasteiger partial charge in [0.1, 0.15) is 0 Å². The van der Waals surface area contributed by atoms with E-state index >= 15 is 0 Å². The highest BCUT2D eigenvalue weighted by atomic mass is 16.3. The SMILES string of the molecule is NCc1cc(NC(CO)Cc2ccccc2)ccn1. The third-order valence-electron chi connectivity index (χ3n) is 2.94. The molecular formula is C15H19N3O. The number of nitrogens with one attached hydrogen (secondary N) is 1. The minimum Gasteiger partial charge on any atom is -0.394 e. The topological polar surface area (TPSA) is 71.2 Å². The van der Waals surface area contributed by atoms with Gasteiger partial charge in [0, 0.05) is 18.4 Å². The Balaban J connectivity index is 2.02. The summed E-state index contributed by atoms with van der Waals surface area (Å²) in [6.45, 7) is 0.493. The average Bonchev–Trinajstić information content (AvgIpc) is 2.48. The van der Waals surface area contributed by atoms with E-state index in [4.69, 9.17) is 5.73 Å². The molecule has 4 N–H and O–H groups in total. The summed E-state index contributed by atoms with van der Waals surface area (Å²) < 4.78 is 0. The molecule has 1 atom stereocenters. The predicted octanol–water partition coefficient (Wildman–Crippen LogP) is 1.56. The maximum atomic E-state index is 9.47. The predicted molar refractivity (Wildman–Crippen MR) is 76.8 cm³/mol. The van der Waals surface area contributed by atoms with Crippen LogP contribution in [0, 0.1) is 0 Å². The van der Waals surface area contributed by atoms with Crippen molar-refractivity contribution in [3.05, 3.63) is 59.9 Å². The zero-order valence-corrected chi connectivity index (χ0v) is 10.8. The molecule has 4 nitrogen and oxygen atoms in total. The van der Waals surface area contributed by atoms with Crippen LogP contribution in [0.2, 0.25) is 0 Å². The molecule has 0 spiro atoms. The minimum absolute atomic E-state index is 0.0181. The molecule has 0 fully saturated rings. The molecular weight excluding hydrogens is 238 g/mol. The zero-order valence-electron chi connectivity index (χ0n) is 10.8. The maximum absolute atomic E-state index is 9.47. The molecule has 0 radical (unpaired) electrons. The number of benzene rings is 1. The molecule has 2 aromatic rings. The molecule has 0 bridgehead atoms. The molecule has 1 unspecified atom stereocenters. The molecule has 2 rings (SSSR count). The molecule has 1 aromatic carbocycles. The number of hydrogen-bond donors (Lipinski definition) is 3. The Labute approximate surface area is 113 Å². The largest absolute Gasteiger partial charge is 0.394 e. The van der Waals surface area contributed by atoms with E-state index in [-0.39, 0.29) is 12.6 Å². The first-order valence-electron chi connectivity index (χ1n) is 6.38. The Morgan fingerprint density at radius 3 is 2.68 bits per heavy atom. The molecule has 0 saturated heterocycles. The second-order valence-electron chi connectivity index (χ2n) is 4.45. The van der Waals surface area contributed by atoms with Crippen LogP contribution < -0.4 is 11.1 Å². The Morgan fingerprint density at radius 2 is 2.00 bits per heavy atom. The number of hydrogen-bond acceptors (Lipinski definition) is 4. The minimum atomic E-state index is -0.0181. The van der Waals surface area contributed by atoms with Crippen LogP contribution >= 0.6 is 0 Å². The lowest BCUT2D eigenvalue weighted by Crippen LogP contribution is -2.26. The van der Waals surface area contributed by atoms with Gasteiger partial charge in [0.15, 0.2) is 0 Å². The molecule has 100 valence electrons. The van der Waals surface area contributed by atoms with Crippen molar-refractivity contribution in [2.45, 2.75) is 19.0 Å². The molecule has 4 heteroatoms. The fourth-order valence-electron chi connectivity index (χ4n) is 1.98. The van der Waals surface area contributed by atoms with E-state index in [2.05, 4.69) is 22.4 Å². The zero-order chi connectivity index (χ0) is 13.5. The monoisotopic (exact) mass is 257 g/mol. The van der Waals surface area contributed by atoms with E-state index in [1.54, 1.807) is 6.20 Å². The summed E-state index contributed by atoms with van der Waals surface area (Å²) in [5, 5.41) is 12.8. The van der Waals surface area contributed by atoms with E-state index < -0.39 is 0 Å². The Morgan fingerprint density at radius 1 is 1.21 bits per heavy atom. The number of nitrogens with two attached hydrogens (primary N) is 1. The van der Waals surface area contributed by atoms with Crippen LogP contribution in [0.25, 0.3) is 0 Å². The van der Waals surface area contributed by atoms with Gasteiger partial charge in [-0.25, -0.2) is 0 Å². The number of rotatable bonds is 6. The average molecular weight is 257 g/mol. The number of aliphatic hydroxyl groups excluding tert-OH is 1. The molecule has 0 aliphatic carbocycles. The first-order chi connectivity index (χ1) is 9.31. The molecule has 19 heavy (non-hydrogen) atoms. The fourth-order valence-corrected chi connectivity index (χ4v) is 1.98. The van der Waals surface area contributed by atoms with Crippen molar-refractivity contribution in [3.63, 3.8) is 0 Å². The van der Waals surface area contributed by atoms with Crippen molar-refractivity contribution in [2.75, 3.05) is 11.9 Å². The van der Waals surface area contributed by atoms with Gasteiger partial charge in [-0.3, -0.25) is 4.98 Å². The summed E-state index contributed by atoms with van der Waals surface area (Å²) in [7, 11) is 0. The number of aromatic nitrogens is 1. The van der Waals surface area contributed by atoms with Crippen molar-refractivity contribution in [1.82, 2.24) is 4.98 Å². The van der Waals surface area contributed by atoms with Crippen molar-refractivity contribution in [1.29, 1.82) is 0 Å². The Kier molecular flexibility index (Phi) is 4.89. The highest BCUT2D eigenvalue weighted by Gasteiger charge is 2.08. The van der Waals surface area contributed by atoms with E-state index in [1.807, 2.05) is 30.3 Å². The maximum Gasteiger partial charge on any atom is 0.0636 e. The third-order valence-corrected chi connectivity index (χ3v) is 2.94. The standard InChI is InChI=1S/C15H19N3O/c16-10-14-9-13(6-7-17-14)18-15(11-19)8-12-4-2-1-3-5-12/h1-7,9,15,19H,8,10-11,16H2,(H,17,18). The second kappa shape index (κ2) is 6.87. The fraction of sp³-hybridized carbons (Fsp3) is 0.267. The lowest BCUT2D eigenvalue weighted by molar-refractivity contribution is 0.273. The smallest absolute Gasteiger partial charge is 0.0636 e. The van der Waals surface area contributed by atoms with Crippen LogP contribution in [0.1, 0.15) is 11.3 Å². The summed E-state index contributed by atoms with van der Waals surface area (Å²) in [5.74, 6) is 0. The lowest BCUT2D eigenvalue weighted by Gasteiger charge is -2.18. The van der Waals surface area contributed by atoms with Crippen LogP contribution in [0.3, 0.4) is 0 Å². The Bertz CT molecular complexity index is 502. The van der Waals surface area contributed by atoms with Gasteiger partial charge in [-0.1, -0.05) is 30.3 Å². The molecule has 0 amide bonds. The van der Waals surface area contributed by atoms with Crippen LogP contribution in [-0.4, -0.2) is 22.7 Å². The van der Waals surface area contributed by atoms with E-state index in [9.17, 15) is 5.11 Å². The van der Waals surface area contributed by atoms with Crippen LogP contribution in [0.5, 0.6) is 0 Å². The molecule has 1 heterocycles. The van der Waals surface area contributed by atoms with Crippen LogP contribution in [0.15, 0.2) is 48.7 Å². The molecule has 0 aliphatic rings. The van der Waals surface area contributed by atoms with Crippen molar-refractivity contribution >= 4 is 5.69 Å². The molecule has 0 aliphatic heterocycles. The number of pyridine rings is 1. The summed E-state index contributed by atoms with van der Waals surface area (Å²) in [4.78, 5) is 4.15. The van der Waals surface area contributed by atoms with E-state index in [0.29, 0.717) is 6.54 Å². The number of nitrogens with zero attached hydrogens (tertiary/aromatic N) is 1. The Hall–Kier alpha value is -1.91. The van der Waals surface area contributed by atoms with Gasteiger partial charge >= 0.3 is 0 Å². The van der Waals surface area contributed by atoms with Gasteiger partial charge in [0.05, 0.1) is 18.3 Å². The first-order valence-corrected chi connectivity index (χ1v) is 6.38. The normalized spacial score (nSPS) is 12.1. The lowest BCUT2D eigenvalue weighted by atomic mass is 10.1. The van der Waals surface area contributed by atoms with Crippen molar-refractivity contribution < 1.29 is 5.11 Å². The highest BCUT2D eigenvalue weighted by molar-refractivity contribution is 5.44. The summed E-state index contributed by atoms with van der Waals surface area (Å²) >= 11 is 0. The van der Waals surface area contributed by atoms with Gasteiger partial charge in [0.2, 0.25) is 0 Å². The van der Waals surface area contributed by atoms with Gasteiger partial charge < -0.3 is 16.2 Å². The third kappa shape index (κ3) is 4.05. The quantitative estimate of drug-likeness (QED) is 0.734. The summed E-state index contributed by atoms with van der Waals surface area (Å²) in [6, 6.07) is 13.9. The number of anilines is 1. The van der Waals surface area contributed by atoms with Gasteiger partial charge in [-0.15, -0.1) is 0 Å². The van der Waals surface area contributed by atoms with Crippen LogP contribution in [0.4, 0.5) is 5.69 Å². The number of aliphatic hydroxyl groups is 1. The van der Waals surface area contributed by atoms with Crippen molar-refractivity contribution in [3.8, 4) is 0 Å². The van der Waals surface area contributed by atoms with E-state index in [1.165, 1.54) is 5.56 Å². The van der Waals surface area contributed by atoms with Crippen molar-refractivity contribution in [2.24, 2.45) is 5.73 Å². The summed E-state index contributed by atoms with van der Waals surface area (Å²) in [5.41, 5.74) is 8.53. The van der Waals surface area contributed by atoms with Gasteiger partial charge in [-0.2, -0.15) is 0 Å². The summed E-state index contributed by atoms with van der Waals surface area (Å²) in [6.07, 6.45) is 2.50. The second-order valence-corrected chi connectivity index (χ2v) is 4.45. The molecule has 1 aromatic heterocycles. The van der Waals surface area contributed by atoms with Gasteiger partial charge in [0.25, 0.3) is 0 Å². The van der Waals surface area contributed by atoms with Crippen LogP contribution in [-0.2, 0) is 13.0 Å².